The number of nitrogens with one attached hydrogen (secondary N) is 3. The van der Waals surface area contributed by atoms with Crippen molar-refractivity contribution in [3.05, 3.63) is 53.1 Å². The molecule has 0 radical (unpaired) electrons. The number of aromatic amines is 1. The number of hydrogen-bond acceptors (Lipinski definition) is 8. The number of nitrogens with zero attached hydrogens (tertiary/aromatic N) is 4. The van der Waals surface area contributed by atoms with E-state index in [9.17, 15) is 14.7 Å². The Morgan fingerprint density at radius 2 is 1.95 bits per heavy atom. The number of ether oxygens (including phenoxy) is 1. The topological polar surface area (TPSA) is 126 Å². The number of hydrogen-bond donors (Lipinski definition) is 4. The summed E-state index contributed by atoms with van der Waals surface area (Å²) in [6, 6.07) is 10.9. The predicted octanol–water partition coefficient (Wildman–Crippen LogP) is 2.33. The van der Waals surface area contributed by atoms with Crippen LogP contribution in [0.25, 0.3) is 22.5 Å². The van der Waals surface area contributed by atoms with Crippen LogP contribution < -0.4 is 15.5 Å². The fraction of sp³-hybridized carbons (Fsp3) is 0.414. The number of urea groups is 1. The minimum atomic E-state index is -0.371. The van der Waals surface area contributed by atoms with Crippen molar-refractivity contribution in [2.24, 2.45) is 0 Å². The summed E-state index contributed by atoms with van der Waals surface area (Å²) in [5, 5.41) is 22.0. The van der Waals surface area contributed by atoms with Gasteiger partial charge in [0.25, 0.3) is 0 Å². The second kappa shape index (κ2) is 11.0. The first kappa shape index (κ1) is 26.5. The van der Waals surface area contributed by atoms with Gasteiger partial charge in [-0.1, -0.05) is 12.1 Å². The molecule has 0 bridgehead atoms. The van der Waals surface area contributed by atoms with Crippen molar-refractivity contribution >= 4 is 17.5 Å². The summed E-state index contributed by atoms with van der Waals surface area (Å²) in [6.07, 6.45) is 0.573. The number of likely N-dealkylation sites (tertiary alicyclic amines) is 1. The zero-order valence-electron chi connectivity index (χ0n) is 22.9. The Morgan fingerprint density at radius 3 is 2.70 bits per heavy atom. The van der Waals surface area contributed by atoms with Gasteiger partial charge in [-0.25, -0.2) is 9.80 Å². The van der Waals surface area contributed by atoms with Crippen molar-refractivity contribution in [2.75, 3.05) is 64.8 Å². The lowest BCUT2D eigenvalue weighted by Gasteiger charge is -2.32. The Labute approximate surface area is 233 Å². The molecule has 11 nitrogen and oxygen atoms in total. The smallest absolute Gasteiger partial charge is 0.333 e. The third-order valence-corrected chi connectivity index (χ3v) is 7.94. The van der Waals surface area contributed by atoms with Gasteiger partial charge in [-0.05, 0) is 50.2 Å². The molecule has 2 amide bonds. The van der Waals surface area contributed by atoms with Crippen molar-refractivity contribution in [3.8, 4) is 28.3 Å². The Kier molecular flexibility index (Phi) is 7.28. The van der Waals surface area contributed by atoms with Crippen molar-refractivity contribution in [1.82, 2.24) is 30.4 Å². The van der Waals surface area contributed by atoms with E-state index in [1.807, 2.05) is 42.3 Å². The Morgan fingerprint density at radius 1 is 1.12 bits per heavy atom. The number of H-pyrrole nitrogens is 1. The molecule has 210 valence electrons. The summed E-state index contributed by atoms with van der Waals surface area (Å²) in [6.45, 7) is 8.09. The summed E-state index contributed by atoms with van der Waals surface area (Å²) in [7, 11) is 2.06. The fourth-order valence-corrected chi connectivity index (χ4v) is 5.70. The van der Waals surface area contributed by atoms with Crippen molar-refractivity contribution in [3.63, 3.8) is 0 Å². The van der Waals surface area contributed by atoms with E-state index < -0.39 is 0 Å². The number of rotatable bonds is 7. The first-order valence-electron chi connectivity index (χ1n) is 13.8. The highest BCUT2D eigenvalue weighted by Gasteiger charge is 2.35. The summed E-state index contributed by atoms with van der Waals surface area (Å²) in [5.41, 5.74) is 8.07. The molecule has 6 rings (SSSR count). The average Bonchev–Trinajstić information content (AvgIpc) is 3.62. The number of anilines is 1. The predicted molar refractivity (Wildman–Crippen MR) is 151 cm³/mol. The molecule has 4 N–H and O–H groups in total. The molecule has 2 aliphatic heterocycles. The number of fused-ring (bicyclic) bond motifs is 3. The van der Waals surface area contributed by atoms with Crippen LogP contribution in [-0.2, 0) is 0 Å². The Bertz CT molecular complexity index is 1430. The third kappa shape index (κ3) is 5.20. The van der Waals surface area contributed by atoms with E-state index in [1.165, 1.54) is 0 Å². The highest BCUT2D eigenvalue weighted by molar-refractivity contribution is 6.27. The molecule has 2 fully saturated rings. The largest absolute Gasteiger partial charge is 0.492 e. The van der Waals surface area contributed by atoms with E-state index in [0.717, 1.165) is 62.6 Å². The highest BCUT2D eigenvalue weighted by Crippen LogP contribution is 2.43. The molecule has 3 heterocycles. The monoisotopic (exact) mass is 545 g/mol. The van der Waals surface area contributed by atoms with Crippen LogP contribution in [0.15, 0.2) is 36.4 Å². The highest BCUT2D eigenvalue weighted by atomic mass is 16.5. The van der Waals surface area contributed by atoms with Gasteiger partial charge in [0.05, 0.1) is 28.6 Å². The number of aliphatic hydroxyl groups excluding tert-OH is 1. The number of aliphatic hydroxyl groups is 1. The Balaban J connectivity index is 1.16. The molecule has 2 aromatic carbocycles. The number of carbonyl (C=O) groups excluding carboxylic acids is 2. The van der Waals surface area contributed by atoms with Gasteiger partial charge < -0.3 is 20.1 Å². The zero-order chi connectivity index (χ0) is 27.8. The maximum atomic E-state index is 13.7. The first-order valence-corrected chi connectivity index (χ1v) is 13.8. The number of hydrazine groups is 1. The van der Waals surface area contributed by atoms with Crippen LogP contribution in [-0.4, -0.2) is 107 Å². The molecule has 1 atom stereocenters. The summed E-state index contributed by atoms with van der Waals surface area (Å²) >= 11 is 0. The van der Waals surface area contributed by atoms with E-state index >= 15 is 0 Å². The zero-order valence-corrected chi connectivity index (χ0v) is 22.9. The van der Waals surface area contributed by atoms with Crippen LogP contribution in [0.5, 0.6) is 5.75 Å². The van der Waals surface area contributed by atoms with E-state index in [4.69, 9.17) is 4.74 Å². The molecular formula is C29H35N7O4. The summed E-state index contributed by atoms with van der Waals surface area (Å²) in [5.74, 6) is 0.585. The third-order valence-electron chi connectivity index (χ3n) is 7.94. The number of ketones is 1. The fourth-order valence-electron chi connectivity index (χ4n) is 5.70. The second-order valence-corrected chi connectivity index (χ2v) is 10.8. The van der Waals surface area contributed by atoms with Crippen LogP contribution in [0, 0.1) is 6.92 Å². The van der Waals surface area contributed by atoms with Gasteiger partial charge in [0.15, 0.2) is 5.78 Å². The molecule has 11 heteroatoms. The van der Waals surface area contributed by atoms with Crippen molar-refractivity contribution in [2.45, 2.75) is 19.4 Å². The van der Waals surface area contributed by atoms with E-state index in [2.05, 4.69) is 37.8 Å². The second-order valence-electron chi connectivity index (χ2n) is 10.8. The SMILES string of the molecule is Cc1cc(OCCN2CC[C@H](O)C2)ccc1-c1[nH]nc2c1C(=O)c1c(NC(=O)NN3CCN(C)CC3)cccc1-2. The number of likely N-dealkylation sites (N-methyl/N-ethyl adjacent to an activating group) is 1. The maximum absolute atomic E-state index is 13.7. The molecule has 0 saturated carbocycles. The average molecular weight is 546 g/mol. The molecule has 0 spiro atoms. The molecular weight excluding hydrogens is 510 g/mol. The number of aromatic nitrogens is 2. The van der Waals surface area contributed by atoms with Crippen LogP contribution in [0.1, 0.15) is 27.9 Å². The quantitative estimate of drug-likeness (QED) is 0.279. The van der Waals surface area contributed by atoms with Gasteiger partial charge in [-0.15, -0.1) is 0 Å². The Hall–Kier alpha value is -3.77. The van der Waals surface area contributed by atoms with Crippen LogP contribution in [0.4, 0.5) is 10.5 Å². The molecule has 1 aromatic heterocycles. The van der Waals surface area contributed by atoms with Crippen LogP contribution >= 0.6 is 0 Å². The number of β-amino-alcohol motifs (C(OH)–C–C–N with tert-alkyl or cyclic N) is 1. The summed E-state index contributed by atoms with van der Waals surface area (Å²) < 4.78 is 5.97. The van der Waals surface area contributed by atoms with Gasteiger partial charge >= 0.3 is 6.03 Å². The molecule has 0 unspecified atom stereocenters. The first-order chi connectivity index (χ1) is 19.4. The minimum absolute atomic E-state index is 0.170. The standard InChI is InChI=1S/C29H35N7O4/c1-18-16-20(40-15-14-35-9-8-19(37)17-35)6-7-21(18)26-25-27(32-31-26)22-4-3-5-23(24(22)28(25)38)30-29(39)33-36-12-10-34(2)11-13-36/h3-7,16,19,37H,8-15,17H2,1-2H3,(H,31,32)(H2,30,33,39)/t19-/m0/s1. The summed E-state index contributed by atoms with van der Waals surface area (Å²) in [4.78, 5) is 30.9. The number of aryl methyl sites for hydroxylation is 1. The van der Waals surface area contributed by atoms with Crippen molar-refractivity contribution in [1.29, 1.82) is 0 Å². The van der Waals surface area contributed by atoms with Gasteiger partial charge in [-0.2, -0.15) is 5.10 Å². The van der Waals surface area contributed by atoms with Crippen LogP contribution in [0.2, 0.25) is 0 Å². The minimum Gasteiger partial charge on any atom is -0.492 e. The lowest BCUT2D eigenvalue weighted by atomic mass is 10.00. The maximum Gasteiger partial charge on any atom is 0.333 e. The normalized spacial score (nSPS) is 19.5. The molecule has 40 heavy (non-hydrogen) atoms. The van der Waals surface area contributed by atoms with Gasteiger partial charge in [0.2, 0.25) is 0 Å². The van der Waals surface area contributed by atoms with E-state index in [-0.39, 0.29) is 17.9 Å². The van der Waals surface area contributed by atoms with Gasteiger partial charge in [0, 0.05) is 56.9 Å². The van der Waals surface area contributed by atoms with E-state index in [1.54, 1.807) is 6.07 Å². The number of amides is 2. The lowest BCUT2D eigenvalue weighted by molar-refractivity contribution is 0.104. The molecule has 1 aliphatic carbocycles. The number of benzene rings is 2. The van der Waals surface area contributed by atoms with Gasteiger partial charge in [0.1, 0.15) is 18.1 Å². The van der Waals surface area contributed by atoms with Gasteiger partial charge in [-0.3, -0.25) is 20.2 Å². The van der Waals surface area contributed by atoms with Crippen molar-refractivity contribution < 1.29 is 19.4 Å². The van der Waals surface area contributed by atoms with Crippen LogP contribution in [0.3, 0.4) is 0 Å². The lowest BCUT2D eigenvalue weighted by Crippen LogP contribution is -2.53. The number of piperazine rings is 1. The van der Waals surface area contributed by atoms with E-state index in [0.29, 0.717) is 46.9 Å². The molecule has 3 aliphatic rings. The molecule has 3 aromatic rings. The molecule has 2 saturated heterocycles. The number of carbonyl (C=O) groups is 2.